The van der Waals surface area contributed by atoms with E-state index in [0.717, 1.165) is 12.8 Å². The fourth-order valence-corrected chi connectivity index (χ4v) is 2.80. The molecule has 1 aliphatic carbocycles. The molecule has 1 aromatic carbocycles. The molecular formula is C16H23NO2. The van der Waals surface area contributed by atoms with Crippen LogP contribution in [0.15, 0.2) is 24.3 Å². The Morgan fingerprint density at radius 2 is 2.11 bits per heavy atom. The maximum absolute atomic E-state index is 11.9. The van der Waals surface area contributed by atoms with Crippen LogP contribution in [0.4, 0.5) is 0 Å². The van der Waals surface area contributed by atoms with Crippen LogP contribution in [0.3, 0.4) is 0 Å². The first-order valence-electron chi connectivity index (χ1n) is 7.05. The maximum atomic E-state index is 11.9. The standard InChI is InChI=1S/C16H23NO2/c1-11(2)15(16(18)19-3)17-14-10-6-8-12-7-4-5-9-13(12)14/h4-5,7,9,11,14-15,17H,6,8,10H2,1-3H3/t14?,15-/m0/s1. The summed E-state index contributed by atoms with van der Waals surface area (Å²) in [7, 11) is 1.45. The summed E-state index contributed by atoms with van der Waals surface area (Å²) in [5.74, 6) is 0.0552. The van der Waals surface area contributed by atoms with Gasteiger partial charge in [-0.05, 0) is 36.3 Å². The molecule has 1 N–H and O–H groups in total. The molecular weight excluding hydrogens is 238 g/mol. The molecule has 1 aromatic rings. The molecule has 0 aliphatic heterocycles. The normalized spacial score (nSPS) is 19.9. The largest absolute Gasteiger partial charge is 0.468 e. The molecule has 2 atom stereocenters. The molecule has 3 nitrogen and oxygen atoms in total. The second kappa shape index (κ2) is 6.20. The van der Waals surface area contributed by atoms with Crippen LogP contribution in [0.1, 0.15) is 43.9 Å². The Bertz CT molecular complexity index is 442. The maximum Gasteiger partial charge on any atom is 0.323 e. The average molecular weight is 261 g/mol. The number of nitrogens with one attached hydrogen (secondary N) is 1. The van der Waals surface area contributed by atoms with Crippen molar-refractivity contribution in [3.8, 4) is 0 Å². The molecule has 19 heavy (non-hydrogen) atoms. The van der Waals surface area contributed by atoms with Crippen molar-refractivity contribution >= 4 is 5.97 Å². The van der Waals surface area contributed by atoms with E-state index in [1.54, 1.807) is 0 Å². The van der Waals surface area contributed by atoms with Crippen LogP contribution >= 0.6 is 0 Å². The highest BCUT2D eigenvalue weighted by molar-refractivity contribution is 5.76. The van der Waals surface area contributed by atoms with Crippen molar-refractivity contribution in [2.75, 3.05) is 7.11 Å². The van der Waals surface area contributed by atoms with Crippen LogP contribution in [-0.2, 0) is 16.0 Å². The topological polar surface area (TPSA) is 38.3 Å². The second-order valence-electron chi connectivity index (χ2n) is 5.56. The number of hydrogen-bond acceptors (Lipinski definition) is 3. The molecule has 0 saturated carbocycles. The molecule has 0 fully saturated rings. The number of rotatable bonds is 4. The lowest BCUT2D eigenvalue weighted by Crippen LogP contribution is -2.44. The van der Waals surface area contributed by atoms with Gasteiger partial charge in [0.2, 0.25) is 0 Å². The summed E-state index contributed by atoms with van der Waals surface area (Å²) in [6.07, 6.45) is 3.39. The molecule has 3 heteroatoms. The van der Waals surface area contributed by atoms with Gasteiger partial charge in [-0.2, -0.15) is 0 Å². The zero-order chi connectivity index (χ0) is 13.8. The number of aryl methyl sites for hydroxylation is 1. The molecule has 0 aromatic heterocycles. The Kier molecular flexibility index (Phi) is 4.59. The van der Waals surface area contributed by atoms with Crippen LogP contribution < -0.4 is 5.32 Å². The van der Waals surface area contributed by atoms with Crippen molar-refractivity contribution in [2.24, 2.45) is 5.92 Å². The van der Waals surface area contributed by atoms with E-state index < -0.39 is 0 Å². The molecule has 0 spiro atoms. The second-order valence-corrected chi connectivity index (χ2v) is 5.56. The minimum Gasteiger partial charge on any atom is -0.468 e. The first-order valence-corrected chi connectivity index (χ1v) is 7.05. The van der Waals surface area contributed by atoms with Crippen molar-refractivity contribution in [1.82, 2.24) is 5.32 Å². The molecule has 1 aliphatic rings. The van der Waals surface area contributed by atoms with Crippen molar-refractivity contribution < 1.29 is 9.53 Å². The highest BCUT2D eigenvalue weighted by Gasteiger charge is 2.28. The number of hydrogen-bond donors (Lipinski definition) is 1. The van der Waals surface area contributed by atoms with E-state index in [1.807, 2.05) is 13.8 Å². The summed E-state index contributed by atoms with van der Waals surface area (Å²) in [6, 6.07) is 8.53. The van der Waals surface area contributed by atoms with Gasteiger partial charge in [-0.3, -0.25) is 10.1 Å². The predicted octanol–water partition coefficient (Wildman–Crippen LogP) is 2.85. The van der Waals surface area contributed by atoms with Gasteiger partial charge in [0.25, 0.3) is 0 Å². The first-order chi connectivity index (χ1) is 9.13. The highest BCUT2D eigenvalue weighted by atomic mass is 16.5. The summed E-state index contributed by atoms with van der Waals surface area (Å²) in [4.78, 5) is 11.9. The van der Waals surface area contributed by atoms with Crippen molar-refractivity contribution in [3.63, 3.8) is 0 Å². The Morgan fingerprint density at radius 3 is 2.79 bits per heavy atom. The van der Waals surface area contributed by atoms with Gasteiger partial charge in [0, 0.05) is 6.04 Å². The van der Waals surface area contributed by atoms with Crippen LogP contribution in [0.5, 0.6) is 0 Å². The average Bonchev–Trinajstić information content (AvgIpc) is 2.43. The Hall–Kier alpha value is -1.35. The summed E-state index contributed by atoms with van der Waals surface area (Å²) in [5, 5.41) is 3.49. The number of esters is 1. The zero-order valence-electron chi connectivity index (χ0n) is 12.0. The third-order valence-corrected chi connectivity index (χ3v) is 3.87. The van der Waals surface area contributed by atoms with E-state index in [2.05, 4.69) is 29.6 Å². The van der Waals surface area contributed by atoms with Crippen molar-refractivity contribution in [1.29, 1.82) is 0 Å². The number of carbonyl (C=O) groups is 1. The number of carbonyl (C=O) groups excluding carboxylic acids is 1. The van der Waals surface area contributed by atoms with E-state index in [1.165, 1.54) is 24.7 Å². The number of methoxy groups -OCH3 is 1. The monoisotopic (exact) mass is 261 g/mol. The van der Waals surface area contributed by atoms with E-state index in [-0.39, 0.29) is 24.0 Å². The van der Waals surface area contributed by atoms with Crippen molar-refractivity contribution in [3.05, 3.63) is 35.4 Å². The van der Waals surface area contributed by atoms with E-state index in [9.17, 15) is 4.79 Å². The third kappa shape index (κ3) is 3.16. The molecule has 2 rings (SSSR count). The minimum absolute atomic E-state index is 0.168. The summed E-state index contributed by atoms with van der Waals surface area (Å²) in [5.41, 5.74) is 2.74. The highest BCUT2D eigenvalue weighted by Crippen LogP contribution is 2.30. The lowest BCUT2D eigenvalue weighted by atomic mass is 9.86. The fraction of sp³-hybridized carbons (Fsp3) is 0.562. The third-order valence-electron chi connectivity index (χ3n) is 3.87. The predicted molar refractivity (Wildman–Crippen MR) is 75.9 cm³/mol. The Balaban J connectivity index is 2.17. The van der Waals surface area contributed by atoms with Gasteiger partial charge in [-0.25, -0.2) is 0 Å². The molecule has 0 radical (unpaired) electrons. The van der Waals surface area contributed by atoms with Gasteiger partial charge in [0.1, 0.15) is 6.04 Å². The molecule has 0 heterocycles. The van der Waals surface area contributed by atoms with Crippen molar-refractivity contribution in [2.45, 2.75) is 45.2 Å². The molecule has 0 bridgehead atoms. The molecule has 0 saturated heterocycles. The van der Waals surface area contributed by atoms with Gasteiger partial charge >= 0.3 is 5.97 Å². The zero-order valence-corrected chi connectivity index (χ0v) is 12.0. The first kappa shape index (κ1) is 14.1. The van der Waals surface area contributed by atoms with E-state index in [0.29, 0.717) is 0 Å². The van der Waals surface area contributed by atoms with Crippen LogP contribution in [0.25, 0.3) is 0 Å². The number of benzene rings is 1. The summed E-state index contributed by atoms with van der Waals surface area (Å²) in [6.45, 7) is 4.09. The number of fused-ring (bicyclic) bond motifs is 1. The minimum atomic E-state index is -0.235. The van der Waals surface area contributed by atoms with Gasteiger partial charge in [-0.15, -0.1) is 0 Å². The van der Waals surface area contributed by atoms with Gasteiger partial charge in [0.05, 0.1) is 7.11 Å². The van der Waals surface area contributed by atoms with E-state index >= 15 is 0 Å². The van der Waals surface area contributed by atoms with Crippen LogP contribution in [0.2, 0.25) is 0 Å². The van der Waals surface area contributed by atoms with Crippen LogP contribution in [0, 0.1) is 5.92 Å². The van der Waals surface area contributed by atoms with Gasteiger partial charge < -0.3 is 4.74 Å². The fourth-order valence-electron chi connectivity index (χ4n) is 2.80. The SMILES string of the molecule is COC(=O)[C@@H](NC1CCCc2ccccc21)C(C)C. The lowest BCUT2D eigenvalue weighted by Gasteiger charge is -2.31. The Labute approximate surface area is 115 Å². The molecule has 104 valence electrons. The van der Waals surface area contributed by atoms with Gasteiger partial charge in [0.15, 0.2) is 0 Å². The van der Waals surface area contributed by atoms with Crippen LogP contribution in [-0.4, -0.2) is 19.1 Å². The summed E-state index contributed by atoms with van der Waals surface area (Å²) < 4.78 is 4.90. The van der Waals surface area contributed by atoms with Gasteiger partial charge in [-0.1, -0.05) is 38.1 Å². The molecule has 1 unspecified atom stereocenters. The Morgan fingerprint density at radius 1 is 1.37 bits per heavy atom. The number of ether oxygens (including phenoxy) is 1. The summed E-state index contributed by atoms with van der Waals surface area (Å²) >= 11 is 0. The lowest BCUT2D eigenvalue weighted by molar-refractivity contribution is -0.144. The van der Waals surface area contributed by atoms with E-state index in [4.69, 9.17) is 4.74 Å². The quantitative estimate of drug-likeness (QED) is 0.847. The smallest absolute Gasteiger partial charge is 0.323 e. The molecule has 0 amide bonds.